The maximum atomic E-state index is 12.9. The maximum Gasteiger partial charge on any atom is 0.141 e. The Morgan fingerprint density at radius 3 is 2.79 bits per heavy atom. The molecule has 1 aromatic heterocycles. The van der Waals surface area contributed by atoms with Gasteiger partial charge in [-0.1, -0.05) is 6.92 Å². The van der Waals surface area contributed by atoms with Crippen LogP contribution in [0.3, 0.4) is 0 Å². The summed E-state index contributed by atoms with van der Waals surface area (Å²) < 4.78 is 12.9. The van der Waals surface area contributed by atoms with E-state index in [-0.39, 0.29) is 11.2 Å². The Morgan fingerprint density at radius 1 is 1.43 bits per heavy atom. The van der Waals surface area contributed by atoms with E-state index in [1.165, 1.54) is 6.20 Å². The zero-order chi connectivity index (χ0) is 10.1. The number of nitrogens with zero attached hydrogens (tertiary/aromatic N) is 1. The van der Waals surface area contributed by atoms with E-state index in [1.807, 2.05) is 0 Å². The number of hydrogen-bond acceptors (Lipinski definition) is 1. The van der Waals surface area contributed by atoms with Gasteiger partial charge in [-0.3, -0.25) is 4.98 Å². The molecular formula is C11H13ClFN. The van der Waals surface area contributed by atoms with Crippen molar-refractivity contribution in [3.05, 3.63) is 29.8 Å². The Kier molecular flexibility index (Phi) is 2.73. The topological polar surface area (TPSA) is 12.9 Å². The first-order valence-corrected chi connectivity index (χ1v) is 5.36. The van der Waals surface area contributed by atoms with Gasteiger partial charge in [-0.15, -0.1) is 11.6 Å². The molecule has 0 aromatic carbocycles. The first-order chi connectivity index (χ1) is 6.68. The lowest BCUT2D eigenvalue weighted by Gasteiger charge is -2.16. The van der Waals surface area contributed by atoms with Crippen LogP contribution in [0.4, 0.5) is 4.39 Å². The number of halogens is 2. The molecule has 76 valence electrons. The van der Waals surface area contributed by atoms with Crippen LogP contribution < -0.4 is 0 Å². The molecule has 1 aromatic rings. The largest absolute Gasteiger partial charge is 0.261 e. The van der Waals surface area contributed by atoms with Crippen LogP contribution in [0.1, 0.15) is 31.2 Å². The van der Waals surface area contributed by atoms with E-state index < -0.39 is 0 Å². The van der Waals surface area contributed by atoms with Crippen LogP contribution in [-0.4, -0.2) is 10.4 Å². The molecule has 1 aliphatic rings. The Bertz CT molecular complexity index is 329. The van der Waals surface area contributed by atoms with E-state index in [2.05, 4.69) is 11.9 Å². The van der Waals surface area contributed by atoms with E-state index >= 15 is 0 Å². The summed E-state index contributed by atoms with van der Waals surface area (Å²) in [5, 5.41) is 0.225. The van der Waals surface area contributed by atoms with E-state index in [9.17, 15) is 4.39 Å². The predicted molar refractivity (Wildman–Crippen MR) is 55.0 cm³/mol. The minimum absolute atomic E-state index is 0.225. The molecule has 1 fully saturated rings. The highest BCUT2D eigenvalue weighted by molar-refractivity contribution is 6.21. The maximum absolute atomic E-state index is 12.9. The summed E-state index contributed by atoms with van der Waals surface area (Å²) in [6.07, 6.45) is 5.05. The standard InChI is InChI=1S/C11H13ClFN/c1-7-10(2-3-11(7)12)8-4-9(13)6-14-5-8/h4-7,10-11H,2-3H2,1H3. The van der Waals surface area contributed by atoms with E-state index in [0.29, 0.717) is 11.8 Å². The average molecular weight is 214 g/mol. The minimum atomic E-state index is -0.257. The summed E-state index contributed by atoms with van der Waals surface area (Å²) >= 11 is 6.13. The second-order valence-corrected chi connectivity index (χ2v) is 4.56. The molecule has 3 unspecified atom stereocenters. The van der Waals surface area contributed by atoms with Crippen LogP contribution in [-0.2, 0) is 0 Å². The molecule has 1 heterocycles. The zero-order valence-electron chi connectivity index (χ0n) is 8.08. The minimum Gasteiger partial charge on any atom is -0.261 e. The average Bonchev–Trinajstić information content (AvgIpc) is 2.48. The molecular weight excluding hydrogens is 201 g/mol. The van der Waals surface area contributed by atoms with Gasteiger partial charge >= 0.3 is 0 Å². The third-order valence-electron chi connectivity index (χ3n) is 3.11. The quantitative estimate of drug-likeness (QED) is 0.652. The number of aromatic nitrogens is 1. The van der Waals surface area contributed by atoms with Crippen LogP contribution in [0.25, 0.3) is 0 Å². The van der Waals surface area contributed by atoms with Crippen molar-refractivity contribution in [2.24, 2.45) is 5.92 Å². The van der Waals surface area contributed by atoms with Crippen LogP contribution in [0.15, 0.2) is 18.5 Å². The molecule has 1 saturated carbocycles. The van der Waals surface area contributed by atoms with E-state index in [0.717, 1.165) is 18.4 Å². The highest BCUT2D eigenvalue weighted by Gasteiger charge is 2.32. The number of pyridine rings is 1. The summed E-state index contributed by atoms with van der Waals surface area (Å²) in [4.78, 5) is 3.87. The molecule has 0 radical (unpaired) electrons. The lowest BCUT2D eigenvalue weighted by Crippen LogP contribution is -2.09. The fraction of sp³-hybridized carbons (Fsp3) is 0.545. The van der Waals surface area contributed by atoms with E-state index in [4.69, 9.17) is 11.6 Å². The van der Waals surface area contributed by atoms with Crippen molar-refractivity contribution in [3.8, 4) is 0 Å². The number of rotatable bonds is 1. The van der Waals surface area contributed by atoms with Gasteiger partial charge in [0.2, 0.25) is 0 Å². The van der Waals surface area contributed by atoms with Gasteiger partial charge in [0, 0.05) is 11.6 Å². The van der Waals surface area contributed by atoms with Gasteiger partial charge in [-0.25, -0.2) is 4.39 Å². The van der Waals surface area contributed by atoms with Crippen LogP contribution in [0.2, 0.25) is 0 Å². The molecule has 0 amide bonds. The summed E-state index contributed by atoms with van der Waals surface area (Å²) in [5.41, 5.74) is 0.987. The summed E-state index contributed by atoms with van der Waals surface area (Å²) in [7, 11) is 0. The van der Waals surface area contributed by atoms with Crippen LogP contribution in [0, 0.1) is 11.7 Å². The highest BCUT2D eigenvalue weighted by Crippen LogP contribution is 2.41. The van der Waals surface area contributed by atoms with Crippen molar-refractivity contribution in [2.45, 2.75) is 31.1 Å². The van der Waals surface area contributed by atoms with Crippen molar-refractivity contribution in [2.75, 3.05) is 0 Å². The Labute approximate surface area is 88.3 Å². The number of alkyl halides is 1. The zero-order valence-corrected chi connectivity index (χ0v) is 8.84. The van der Waals surface area contributed by atoms with Gasteiger partial charge in [0.15, 0.2) is 0 Å². The van der Waals surface area contributed by atoms with Crippen LogP contribution >= 0.6 is 11.6 Å². The fourth-order valence-corrected chi connectivity index (χ4v) is 2.52. The molecule has 2 rings (SSSR count). The molecule has 0 aliphatic heterocycles. The lowest BCUT2D eigenvalue weighted by molar-refractivity contribution is 0.530. The van der Waals surface area contributed by atoms with Crippen molar-refractivity contribution in [1.82, 2.24) is 4.98 Å². The monoisotopic (exact) mass is 213 g/mol. The van der Waals surface area contributed by atoms with Gasteiger partial charge in [0.05, 0.1) is 6.20 Å². The fourth-order valence-electron chi connectivity index (χ4n) is 2.22. The summed E-state index contributed by atoms with van der Waals surface area (Å²) in [6.45, 7) is 2.13. The lowest BCUT2D eigenvalue weighted by atomic mass is 9.91. The highest BCUT2D eigenvalue weighted by atomic mass is 35.5. The molecule has 0 N–H and O–H groups in total. The molecule has 0 saturated heterocycles. The second-order valence-electron chi connectivity index (χ2n) is 4.00. The first kappa shape index (κ1) is 9.91. The van der Waals surface area contributed by atoms with Gasteiger partial charge in [-0.05, 0) is 36.3 Å². The first-order valence-electron chi connectivity index (χ1n) is 4.93. The van der Waals surface area contributed by atoms with Crippen molar-refractivity contribution in [1.29, 1.82) is 0 Å². The smallest absolute Gasteiger partial charge is 0.141 e. The molecule has 0 bridgehead atoms. The Hall–Kier alpha value is -0.630. The summed E-state index contributed by atoms with van der Waals surface area (Å²) in [6, 6.07) is 1.57. The van der Waals surface area contributed by atoms with Crippen molar-refractivity contribution >= 4 is 11.6 Å². The third-order valence-corrected chi connectivity index (χ3v) is 3.73. The van der Waals surface area contributed by atoms with Crippen molar-refractivity contribution < 1.29 is 4.39 Å². The van der Waals surface area contributed by atoms with Gasteiger partial charge in [0.1, 0.15) is 5.82 Å². The van der Waals surface area contributed by atoms with Gasteiger partial charge < -0.3 is 0 Å². The van der Waals surface area contributed by atoms with Crippen LogP contribution in [0.5, 0.6) is 0 Å². The SMILES string of the molecule is CC1C(Cl)CCC1c1cncc(F)c1. The molecule has 1 aliphatic carbocycles. The predicted octanol–water partition coefficient (Wildman–Crippen LogP) is 3.34. The number of hydrogen-bond donors (Lipinski definition) is 0. The Morgan fingerprint density at radius 2 is 2.21 bits per heavy atom. The Balaban J connectivity index is 2.23. The third kappa shape index (κ3) is 1.76. The molecule has 14 heavy (non-hydrogen) atoms. The van der Waals surface area contributed by atoms with Gasteiger partial charge in [-0.2, -0.15) is 0 Å². The molecule has 3 atom stereocenters. The normalized spacial score (nSPS) is 32.1. The van der Waals surface area contributed by atoms with E-state index in [1.54, 1.807) is 12.3 Å². The molecule has 0 spiro atoms. The molecule has 1 nitrogen and oxygen atoms in total. The summed E-state index contributed by atoms with van der Waals surface area (Å²) in [5.74, 6) is 0.536. The second kappa shape index (κ2) is 3.85. The molecule has 3 heteroatoms. The van der Waals surface area contributed by atoms with Gasteiger partial charge in [0.25, 0.3) is 0 Å². The van der Waals surface area contributed by atoms with Crippen molar-refractivity contribution in [3.63, 3.8) is 0 Å².